The lowest BCUT2D eigenvalue weighted by molar-refractivity contribution is 0.167. The van der Waals surface area contributed by atoms with Gasteiger partial charge in [0.25, 0.3) is 0 Å². The van der Waals surface area contributed by atoms with Crippen molar-refractivity contribution in [2.45, 2.75) is 31.8 Å². The number of ether oxygens (including phenoxy) is 1. The molecule has 2 aliphatic rings. The smallest absolute Gasteiger partial charge is 0.323 e. The van der Waals surface area contributed by atoms with Crippen molar-refractivity contribution in [3.05, 3.63) is 48.2 Å². The Morgan fingerprint density at radius 1 is 1.24 bits per heavy atom. The van der Waals surface area contributed by atoms with Gasteiger partial charge in [-0.05, 0) is 24.8 Å². The number of nitrogens with one attached hydrogen (secondary N) is 1. The molecule has 2 fully saturated rings. The van der Waals surface area contributed by atoms with Crippen molar-refractivity contribution in [3.63, 3.8) is 0 Å². The first-order valence-corrected chi connectivity index (χ1v) is 9.01. The van der Waals surface area contributed by atoms with Gasteiger partial charge in [-0.25, -0.2) is 4.79 Å². The number of carbonyl (C=O) groups excluding carboxylic acids is 1. The molecule has 25 heavy (non-hydrogen) atoms. The Morgan fingerprint density at radius 3 is 2.80 bits per heavy atom. The van der Waals surface area contributed by atoms with Crippen molar-refractivity contribution in [1.29, 1.82) is 0 Å². The molecule has 6 nitrogen and oxygen atoms in total. The fourth-order valence-electron chi connectivity index (χ4n) is 3.26. The summed E-state index contributed by atoms with van der Waals surface area (Å²) in [5.41, 5.74) is 1.18. The zero-order valence-corrected chi connectivity index (χ0v) is 14.3. The molecule has 2 aromatic rings. The van der Waals surface area contributed by atoms with Gasteiger partial charge in [0, 0.05) is 37.4 Å². The third-order valence-electron chi connectivity index (χ3n) is 4.79. The molecule has 1 saturated carbocycles. The molecule has 6 heteroatoms. The van der Waals surface area contributed by atoms with Gasteiger partial charge in [-0.15, -0.1) is 0 Å². The highest BCUT2D eigenvalue weighted by molar-refractivity contribution is 5.88. The number of hydrogen-bond donors (Lipinski definition) is 1. The van der Waals surface area contributed by atoms with Gasteiger partial charge in [-0.3, -0.25) is 10.00 Å². The molecule has 1 aliphatic carbocycles. The molecular weight excluding hydrogens is 316 g/mol. The minimum absolute atomic E-state index is 0.0423. The Bertz CT molecular complexity index is 705. The number of urea groups is 1. The standard InChI is InChI=1S/C19H24N4O2/c24-19(23(17-6-7-17)13-16-9-11-25-14-16)20-18-8-10-22(21-18)12-15-4-2-1-3-5-15/h1-5,8,10,16-17H,6-7,9,11-14H2,(H,20,21,24). The number of hydrogen-bond acceptors (Lipinski definition) is 3. The van der Waals surface area contributed by atoms with E-state index in [1.54, 1.807) is 0 Å². The van der Waals surface area contributed by atoms with Crippen LogP contribution in [0.5, 0.6) is 0 Å². The van der Waals surface area contributed by atoms with Crippen LogP contribution in [-0.4, -0.2) is 46.5 Å². The summed E-state index contributed by atoms with van der Waals surface area (Å²) in [7, 11) is 0. The quantitative estimate of drug-likeness (QED) is 0.879. The van der Waals surface area contributed by atoms with Crippen molar-refractivity contribution in [2.75, 3.05) is 25.1 Å². The minimum Gasteiger partial charge on any atom is -0.381 e. The van der Waals surface area contributed by atoms with Gasteiger partial charge in [0.1, 0.15) is 0 Å². The van der Waals surface area contributed by atoms with Crippen LogP contribution >= 0.6 is 0 Å². The normalized spacial score (nSPS) is 19.8. The third kappa shape index (κ3) is 4.20. The Morgan fingerprint density at radius 2 is 2.08 bits per heavy atom. The van der Waals surface area contributed by atoms with Crippen LogP contribution in [0.1, 0.15) is 24.8 Å². The lowest BCUT2D eigenvalue weighted by atomic mass is 10.1. The molecular formula is C19H24N4O2. The van der Waals surface area contributed by atoms with Gasteiger partial charge in [0.05, 0.1) is 13.2 Å². The number of anilines is 1. The van der Waals surface area contributed by atoms with Crippen LogP contribution in [0.4, 0.5) is 10.6 Å². The van der Waals surface area contributed by atoms with E-state index in [4.69, 9.17) is 4.74 Å². The molecule has 2 amide bonds. The molecule has 0 bridgehead atoms. The molecule has 2 heterocycles. The zero-order chi connectivity index (χ0) is 17.1. The average Bonchev–Trinajstić information content (AvgIpc) is 3.14. The lowest BCUT2D eigenvalue weighted by Crippen LogP contribution is -2.40. The Kier molecular flexibility index (Phi) is 4.70. The van der Waals surface area contributed by atoms with E-state index >= 15 is 0 Å². The van der Waals surface area contributed by atoms with Gasteiger partial charge in [0.2, 0.25) is 0 Å². The second-order valence-electron chi connectivity index (χ2n) is 6.93. The molecule has 1 atom stereocenters. The summed E-state index contributed by atoms with van der Waals surface area (Å²) in [5.74, 6) is 1.07. The summed E-state index contributed by atoms with van der Waals surface area (Å²) in [4.78, 5) is 14.6. The molecule has 4 rings (SSSR count). The third-order valence-corrected chi connectivity index (χ3v) is 4.79. The minimum atomic E-state index is -0.0423. The van der Waals surface area contributed by atoms with Crippen LogP contribution in [0.3, 0.4) is 0 Å². The predicted octanol–water partition coefficient (Wildman–Crippen LogP) is 2.96. The molecule has 132 valence electrons. The first kappa shape index (κ1) is 16.1. The van der Waals surface area contributed by atoms with E-state index in [0.29, 0.717) is 24.3 Å². The van der Waals surface area contributed by atoms with Gasteiger partial charge in [-0.1, -0.05) is 30.3 Å². The molecule has 1 N–H and O–H groups in total. The molecule has 1 saturated heterocycles. The molecule has 1 aromatic carbocycles. The molecule has 1 aliphatic heterocycles. The van der Waals surface area contributed by atoms with E-state index in [0.717, 1.165) is 39.0 Å². The van der Waals surface area contributed by atoms with Crippen LogP contribution < -0.4 is 5.32 Å². The Hall–Kier alpha value is -2.34. The summed E-state index contributed by atoms with van der Waals surface area (Å²) in [6.45, 7) is 3.06. The highest BCUT2D eigenvalue weighted by Crippen LogP contribution is 2.29. The summed E-state index contributed by atoms with van der Waals surface area (Å²) < 4.78 is 7.29. The summed E-state index contributed by atoms with van der Waals surface area (Å²) >= 11 is 0. The topological polar surface area (TPSA) is 59.4 Å². The van der Waals surface area contributed by atoms with Crippen LogP contribution in [0.25, 0.3) is 0 Å². The Labute approximate surface area is 147 Å². The van der Waals surface area contributed by atoms with Crippen molar-refractivity contribution >= 4 is 11.8 Å². The van der Waals surface area contributed by atoms with Crippen molar-refractivity contribution in [3.8, 4) is 0 Å². The molecule has 1 unspecified atom stereocenters. The van der Waals surface area contributed by atoms with E-state index in [1.165, 1.54) is 5.56 Å². The molecule has 1 aromatic heterocycles. The van der Waals surface area contributed by atoms with E-state index in [9.17, 15) is 4.79 Å². The number of benzene rings is 1. The summed E-state index contributed by atoms with van der Waals surface area (Å²) in [5, 5.41) is 7.43. The van der Waals surface area contributed by atoms with E-state index < -0.39 is 0 Å². The highest BCUT2D eigenvalue weighted by Gasteiger charge is 2.35. The van der Waals surface area contributed by atoms with Gasteiger partial charge >= 0.3 is 6.03 Å². The van der Waals surface area contributed by atoms with E-state index in [-0.39, 0.29) is 6.03 Å². The largest absolute Gasteiger partial charge is 0.381 e. The average molecular weight is 340 g/mol. The number of rotatable bonds is 6. The number of amides is 2. The van der Waals surface area contributed by atoms with Crippen LogP contribution in [-0.2, 0) is 11.3 Å². The van der Waals surface area contributed by atoms with Crippen molar-refractivity contribution < 1.29 is 9.53 Å². The fraction of sp³-hybridized carbons (Fsp3) is 0.474. The number of nitrogens with zero attached hydrogens (tertiary/aromatic N) is 3. The van der Waals surface area contributed by atoms with E-state index in [2.05, 4.69) is 22.5 Å². The number of aromatic nitrogens is 2. The van der Waals surface area contributed by atoms with Crippen molar-refractivity contribution in [2.24, 2.45) is 5.92 Å². The Balaban J connectivity index is 1.36. The summed E-state index contributed by atoms with van der Waals surface area (Å²) in [6, 6.07) is 12.4. The number of carbonyl (C=O) groups is 1. The van der Waals surface area contributed by atoms with Gasteiger partial charge < -0.3 is 9.64 Å². The fourth-order valence-corrected chi connectivity index (χ4v) is 3.26. The maximum absolute atomic E-state index is 12.7. The second kappa shape index (κ2) is 7.27. The van der Waals surface area contributed by atoms with Crippen LogP contribution in [0.15, 0.2) is 42.6 Å². The maximum atomic E-state index is 12.7. The second-order valence-corrected chi connectivity index (χ2v) is 6.93. The monoisotopic (exact) mass is 340 g/mol. The lowest BCUT2D eigenvalue weighted by Gasteiger charge is -2.24. The van der Waals surface area contributed by atoms with E-state index in [1.807, 2.05) is 40.0 Å². The molecule has 0 radical (unpaired) electrons. The SMILES string of the molecule is O=C(Nc1ccn(Cc2ccccc2)n1)N(CC1CCOC1)C1CC1. The predicted molar refractivity (Wildman–Crippen MR) is 95.4 cm³/mol. The van der Waals surface area contributed by atoms with Gasteiger partial charge in [-0.2, -0.15) is 5.10 Å². The highest BCUT2D eigenvalue weighted by atomic mass is 16.5. The van der Waals surface area contributed by atoms with Crippen molar-refractivity contribution in [1.82, 2.24) is 14.7 Å². The van der Waals surface area contributed by atoms with Crippen LogP contribution in [0, 0.1) is 5.92 Å². The van der Waals surface area contributed by atoms with Gasteiger partial charge in [0.15, 0.2) is 5.82 Å². The maximum Gasteiger partial charge on any atom is 0.323 e. The van der Waals surface area contributed by atoms with Crippen LogP contribution in [0.2, 0.25) is 0 Å². The first-order chi connectivity index (χ1) is 12.3. The molecule has 0 spiro atoms. The zero-order valence-electron chi connectivity index (χ0n) is 14.3. The summed E-state index contributed by atoms with van der Waals surface area (Å²) in [6.07, 6.45) is 5.14. The first-order valence-electron chi connectivity index (χ1n) is 9.01.